The number of amides is 1. The van der Waals surface area contributed by atoms with Crippen molar-refractivity contribution >= 4 is 34.2 Å². The number of anilines is 1. The van der Waals surface area contributed by atoms with Gasteiger partial charge in [0.15, 0.2) is 5.13 Å². The number of thiazole rings is 1. The monoisotopic (exact) mass is 278 g/mol. The average Bonchev–Trinajstić information content (AvgIpc) is 2.95. The molecule has 19 heavy (non-hydrogen) atoms. The second-order valence-electron chi connectivity index (χ2n) is 3.57. The van der Waals surface area contributed by atoms with Crippen molar-refractivity contribution in [2.45, 2.75) is 6.92 Å². The molecule has 0 aliphatic heterocycles. The Labute approximate surface area is 112 Å². The summed E-state index contributed by atoms with van der Waals surface area (Å²) in [5.74, 6) is -0.607. The number of furan rings is 1. The number of hydrogen-bond donors (Lipinski definition) is 2. The van der Waals surface area contributed by atoms with Crippen LogP contribution in [0.5, 0.6) is 5.88 Å². The summed E-state index contributed by atoms with van der Waals surface area (Å²) in [6.07, 6.45) is 4.24. The molecule has 2 aromatic heterocycles. The van der Waals surface area contributed by atoms with Crippen LogP contribution in [0, 0.1) is 0 Å². The third kappa shape index (κ3) is 3.29. The van der Waals surface area contributed by atoms with E-state index >= 15 is 0 Å². The van der Waals surface area contributed by atoms with Crippen LogP contribution in [0.4, 0.5) is 5.13 Å². The largest absolute Gasteiger partial charge is 0.492 e. The molecule has 2 aromatic rings. The van der Waals surface area contributed by atoms with Crippen molar-refractivity contribution in [1.29, 1.82) is 0 Å². The highest BCUT2D eigenvalue weighted by Gasteiger charge is 2.16. The summed E-state index contributed by atoms with van der Waals surface area (Å²) in [5, 5.41) is 12.1. The number of carbonyl (C=O) groups excluding carboxylic acids is 2. The van der Waals surface area contributed by atoms with Gasteiger partial charge in [-0.2, -0.15) is 4.98 Å². The molecule has 0 spiro atoms. The van der Waals surface area contributed by atoms with E-state index in [4.69, 9.17) is 4.42 Å². The lowest BCUT2D eigenvalue weighted by atomic mass is 10.3. The van der Waals surface area contributed by atoms with Crippen LogP contribution in [0.2, 0.25) is 0 Å². The molecule has 0 bridgehead atoms. The number of carbonyl (C=O) groups is 2. The highest BCUT2D eigenvalue weighted by Crippen LogP contribution is 2.28. The lowest BCUT2D eigenvalue weighted by Gasteiger charge is -1.91. The zero-order chi connectivity index (χ0) is 13.8. The van der Waals surface area contributed by atoms with Crippen LogP contribution in [0.1, 0.15) is 22.4 Å². The van der Waals surface area contributed by atoms with Gasteiger partial charge in [0.2, 0.25) is 17.6 Å². The van der Waals surface area contributed by atoms with Gasteiger partial charge in [0.25, 0.3) is 0 Å². The summed E-state index contributed by atoms with van der Waals surface area (Å²) in [5.41, 5.74) is 0. The van der Waals surface area contributed by atoms with Gasteiger partial charge in [0.05, 0.1) is 6.26 Å². The van der Waals surface area contributed by atoms with E-state index in [1.165, 1.54) is 25.3 Å². The summed E-state index contributed by atoms with van der Waals surface area (Å²) in [4.78, 5) is 26.4. The molecule has 0 aromatic carbocycles. The fraction of sp³-hybridized carbons (Fsp3) is 0.0833. The van der Waals surface area contributed by atoms with Crippen molar-refractivity contribution < 1.29 is 19.1 Å². The van der Waals surface area contributed by atoms with E-state index in [0.717, 1.165) is 11.3 Å². The van der Waals surface area contributed by atoms with Gasteiger partial charge in [-0.3, -0.25) is 9.59 Å². The van der Waals surface area contributed by atoms with Crippen LogP contribution in [-0.2, 0) is 4.79 Å². The number of aromatic hydroxyl groups is 1. The van der Waals surface area contributed by atoms with Gasteiger partial charge in [-0.25, -0.2) is 0 Å². The number of aromatic nitrogens is 1. The topological polar surface area (TPSA) is 92.4 Å². The molecule has 2 heterocycles. The summed E-state index contributed by atoms with van der Waals surface area (Å²) in [6.45, 7) is 1.32. The van der Waals surface area contributed by atoms with Gasteiger partial charge in [0, 0.05) is 6.92 Å². The summed E-state index contributed by atoms with van der Waals surface area (Å²) >= 11 is 0.909. The molecular formula is C12H10N2O4S. The Bertz CT molecular complexity index is 628. The van der Waals surface area contributed by atoms with Crippen molar-refractivity contribution in [1.82, 2.24) is 4.98 Å². The van der Waals surface area contributed by atoms with E-state index in [1.807, 2.05) is 0 Å². The maximum atomic E-state index is 11.8. The molecule has 7 heteroatoms. The van der Waals surface area contributed by atoms with Gasteiger partial charge in [0.1, 0.15) is 10.6 Å². The lowest BCUT2D eigenvalue weighted by molar-refractivity contribution is -0.114. The van der Waals surface area contributed by atoms with E-state index < -0.39 is 11.7 Å². The Balaban J connectivity index is 2.15. The Morgan fingerprint density at radius 1 is 1.53 bits per heavy atom. The molecule has 0 aliphatic carbocycles. The Hall–Kier alpha value is -2.41. The maximum Gasteiger partial charge on any atom is 0.235 e. The minimum Gasteiger partial charge on any atom is -0.492 e. The van der Waals surface area contributed by atoms with E-state index in [0.29, 0.717) is 5.76 Å². The van der Waals surface area contributed by atoms with Gasteiger partial charge in [-0.05, 0) is 24.3 Å². The van der Waals surface area contributed by atoms with Gasteiger partial charge < -0.3 is 14.8 Å². The predicted molar refractivity (Wildman–Crippen MR) is 70.2 cm³/mol. The molecule has 2 N–H and O–H groups in total. The molecular weight excluding hydrogens is 268 g/mol. The molecule has 6 nitrogen and oxygen atoms in total. The molecule has 0 saturated carbocycles. The highest BCUT2D eigenvalue weighted by molar-refractivity contribution is 7.18. The van der Waals surface area contributed by atoms with Gasteiger partial charge in [-0.15, -0.1) is 0 Å². The van der Waals surface area contributed by atoms with E-state index in [1.54, 1.807) is 12.1 Å². The van der Waals surface area contributed by atoms with Gasteiger partial charge >= 0.3 is 0 Å². The van der Waals surface area contributed by atoms with Crippen LogP contribution in [0.3, 0.4) is 0 Å². The van der Waals surface area contributed by atoms with Crippen molar-refractivity contribution in [2.24, 2.45) is 0 Å². The smallest absolute Gasteiger partial charge is 0.235 e. The molecule has 0 aliphatic rings. The first-order valence-corrected chi connectivity index (χ1v) is 6.11. The fourth-order valence-corrected chi connectivity index (χ4v) is 2.12. The SMILES string of the molecule is CC(=O)Nc1nc(O)c(C(=O)C=Cc2ccco2)s1. The summed E-state index contributed by atoms with van der Waals surface area (Å²) < 4.78 is 5.04. The Kier molecular flexibility index (Phi) is 3.76. The lowest BCUT2D eigenvalue weighted by Crippen LogP contribution is -2.04. The first-order chi connectivity index (χ1) is 9.06. The molecule has 98 valence electrons. The number of rotatable bonds is 4. The molecule has 0 fully saturated rings. The normalized spacial score (nSPS) is 10.8. The van der Waals surface area contributed by atoms with Crippen LogP contribution in [-0.4, -0.2) is 21.8 Å². The van der Waals surface area contributed by atoms with E-state index in [-0.39, 0.29) is 15.9 Å². The van der Waals surface area contributed by atoms with Crippen molar-refractivity contribution in [3.63, 3.8) is 0 Å². The van der Waals surface area contributed by atoms with Crippen LogP contribution >= 0.6 is 11.3 Å². The third-order valence-electron chi connectivity index (χ3n) is 2.06. The van der Waals surface area contributed by atoms with Crippen molar-refractivity contribution in [3.05, 3.63) is 35.1 Å². The predicted octanol–water partition coefficient (Wildman–Crippen LogP) is 2.30. The molecule has 0 atom stereocenters. The Morgan fingerprint density at radius 3 is 2.95 bits per heavy atom. The molecule has 1 amide bonds. The maximum absolute atomic E-state index is 11.8. The van der Waals surface area contributed by atoms with Crippen LogP contribution in [0.25, 0.3) is 6.08 Å². The second kappa shape index (κ2) is 5.49. The van der Waals surface area contributed by atoms with Crippen molar-refractivity contribution in [3.8, 4) is 5.88 Å². The minimum absolute atomic E-state index is 0.0616. The minimum atomic E-state index is -0.414. The number of nitrogens with one attached hydrogen (secondary N) is 1. The van der Waals surface area contributed by atoms with Crippen LogP contribution in [0.15, 0.2) is 28.9 Å². The fourth-order valence-electron chi connectivity index (χ4n) is 1.30. The summed E-state index contributed by atoms with van der Waals surface area (Å²) in [7, 11) is 0. The molecule has 0 radical (unpaired) electrons. The zero-order valence-electron chi connectivity index (χ0n) is 9.91. The van der Waals surface area contributed by atoms with E-state index in [2.05, 4.69) is 10.3 Å². The van der Waals surface area contributed by atoms with Crippen molar-refractivity contribution in [2.75, 3.05) is 5.32 Å². The second-order valence-corrected chi connectivity index (χ2v) is 4.57. The number of ketones is 1. The van der Waals surface area contributed by atoms with Crippen LogP contribution < -0.4 is 5.32 Å². The third-order valence-corrected chi connectivity index (χ3v) is 3.03. The average molecular weight is 278 g/mol. The standard InChI is InChI=1S/C12H10N2O4S/c1-7(15)13-12-14-11(17)10(19-12)9(16)5-4-8-3-2-6-18-8/h2-6,17H,1H3,(H,13,14,15). The first-order valence-electron chi connectivity index (χ1n) is 5.29. The van der Waals surface area contributed by atoms with E-state index in [9.17, 15) is 14.7 Å². The number of hydrogen-bond acceptors (Lipinski definition) is 6. The molecule has 0 unspecified atom stereocenters. The molecule has 0 saturated heterocycles. The first kappa shape index (κ1) is 13.0. The quantitative estimate of drug-likeness (QED) is 0.661. The summed E-state index contributed by atoms with van der Waals surface area (Å²) in [6, 6.07) is 3.39. The number of nitrogens with zero attached hydrogens (tertiary/aromatic N) is 1. The Morgan fingerprint density at radius 2 is 2.32 bits per heavy atom. The zero-order valence-corrected chi connectivity index (χ0v) is 10.7. The number of allylic oxidation sites excluding steroid dienone is 1. The highest BCUT2D eigenvalue weighted by atomic mass is 32.1. The molecule has 2 rings (SSSR count). The van der Waals surface area contributed by atoms with Gasteiger partial charge in [-0.1, -0.05) is 11.3 Å².